The molecule has 1 aromatic rings. The summed E-state index contributed by atoms with van der Waals surface area (Å²) in [5.74, 6) is 5.50. The minimum absolute atomic E-state index is 0.0327. The maximum Gasteiger partial charge on any atom is 0.0695 e. The second kappa shape index (κ2) is 5.80. The lowest BCUT2D eigenvalue weighted by Crippen LogP contribution is -2.31. The Bertz CT molecular complexity index is 294. The van der Waals surface area contributed by atoms with Gasteiger partial charge in [-0.3, -0.25) is 16.3 Å². The van der Waals surface area contributed by atoms with Gasteiger partial charge in [0.1, 0.15) is 0 Å². The second-order valence-corrected chi connectivity index (χ2v) is 3.56. The molecule has 0 spiro atoms. The fourth-order valence-corrected chi connectivity index (χ4v) is 1.54. The zero-order chi connectivity index (χ0) is 11.3. The molecule has 0 saturated carbocycles. The molecular weight excluding hydrogens is 190 g/mol. The van der Waals surface area contributed by atoms with Gasteiger partial charge >= 0.3 is 0 Å². The lowest BCUT2D eigenvalue weighted by molar-refractivity contribution is 0.123. The monoisotopic (exact) mass is 209 g/mol. The Kier molecular flexibility index (Phi) is 4.68. The lowest BCUT2D eigenvalue weighted by atomic mass is 10.1. The Hall–Kier alpha value is -0.970. The average molecular weight is 209 g/mol. The number of ether oxygens (including phenoxy) is 1. The first kappa shape index (κ1) is 12.1. The van der Waals surface area contributed by atoms with Gasteiger partial charge in [0.2, 0.25) is 0 Å². The van der Waals surface area contributed by atoms with Crippen molar-refractivity contribution in [2.24, 2.45) is 5.84 Å². The summed E-state index contributed by atoms with van der Waals surface area (Å²) < 4.78 is 5.36. The van der Waals surface area contributed by atoms with Crippen LogP contribution in [0.15, 0.2) is 12.1 Å². The van der Waals surface area contributed by atoms with Crippen LogP contribution in [-0.4, -0.2) is 18.2 Å². The molecule has 1 heterocycles. The Morgan fingerprint density at radius 3 is 2.47 bits per heavy atom. The summed E-state index contributed by atoms with van der Waals surface area (Å²) in [5, 5.41) is 0. The van der Waals surface area contributed by atoms with Gasteiger partial charge in [-0.1, -0.05) is 0 Å². The molecule has 0 bridgehead atoms. The number of nitrogens with two attached hydrogens (primary N) is 1. The molecule has 0 radical (unpaired) electrons. The quantitative estimate of drug-likeness (QED) is 0.566. The normalized spacial score (nSPS) is 12.8. The van der Waals surface area contributed by atoms with E-state index in [9.17, 15) is 0 Å². The van der Waals surface area contributed by atoms with Crippen molar-refractivity contribution in [1.29, 1.82) is 0 Å². The second-order valence-electron chi connectivity index (χ2n) is 3.56. The molecule has 0 amide bonds. The number of rotatable bonds is 5. The first-order valence-electron chi connectivity index (χ1n) is 5.16. The van der Waals surface area contributed by atoms with Crippen LogP contribution in [0.1, 0.15) is 29.9 Å². The van der Waals surface area contributed by atoms with Crippen molar-refractivity contribution in [2.75, 3.05) is 13.2 Å². The summed E-state index contributed by atoms with van der Waals surface area (Å²) >= 11 is 0. The molecule has 3 N–H and O–H groups in total. The van der Waals surface area contributed by atoms with Crippen LogP contribution >= 0.6 is 0 Å². The Labute approximate surface area is 90.8 Å². The summed E-state index contributed by atoms with van der Waals surface area (Å²) in [7, 11) is 0. The van der Waals surface area contributed by atoms with E-state index in [1.807, 2.05) is 32.9 Å². The molecule has 1 unspecified atom stereocenters. The highest BCUT2D eigenvalue weighted by Crippen LogP contribution is 2.14. The van der Waals surface area contributed by atoms with Crippen LogP contribution in [0.4, 0.5) is 0 Å². The van der Waals surface area contributed by atoms with Gasteiger partial charge in [-0.15, -0.1) is 0 Å². The molecule has 0 fully saturated rings. The van der Waals surface area contributed by atoms with Crippen LogP contribution in [0.5, 0.6) is 0 Å². The van der Waals surface area contributed by atoms with Crippen molar-refractivity contribution in [3.63, 3.8) is 0 Å². The molecule has 1 aromatic heterocycles. The Morgan fingerprint density at radius 2 is 2.00 bits per heavy atom. The van der Waals surface area contributed by atoms with E-state index in [1.165, 1.54) is 0 Å². The highest BCUT2D eigenvalue weighted by Gasteiger charge is 2.10. The molecule has 1 rings (SSSR count). The molecule has 84 valence electrons. The number of pyridine rings is 1. The van der Waals surface area contributed by atoms with E-state index in [0.29, 0.717) is 13.2 Å². The largest absolute Gasteiger partial charge is 0.380 e. The zero-order valence-electron chi connectivity index (χ0n) is 9.58. The van der Waals surface area contributed by atoms with Gasteiger partial charge in [0, 0.05) is 18.0 Å². The van der Waals surface area contributed by atoms with Crippen LogP contribution in [0.25, 0.3) is 0 Å². The van der Waals surface area contributed by atoms with Crippen LogP contribution < -0.4 is 11.3 Å². The minimum Gasteiger partial charge on any atom is -0.380 e. The molecule has 0 aliphatic heterocycles. The number of nitrogens with one attached hydrogen (secondary N) is 1. The SMILES string of the molecule is CCOCC(NN)c1cc(C)nc(C)c1. The summed E-state index contributed by atoms with van der Waals surface area (Å²) in [5.41, 5.74) is 5.88. The van der Waals surface area contributed by atoms with Crippen LogP contribution in [0.3, 0.4) is 0 Å². The van der Waals surface area contributed by atoms with Crippen LogP contribution in [0.2, 0.25) is 0 Å². The predicted octanol–water partition coefficient (Wildman–Crippen LogP) is 1.24. The van der Waals surface area contributed by atoms with Gasteiger partial charge in [0.15, 0.2) is 0 Å². The van der Waals surface area contributed by atoms with Gasteiger partial charge in [-0.2, -0.15) is 0 Å². The Balaban J connectivity index is 2.81. The maximum absolute atomic E-state index is 5.50. The topological polar surface area (TPSA) is 60.2 Å². The smallest absolute Gasteiger partial charge is 0.0695 e. The van der Waals surface area contributed by atoms with E-state index in [2.05, 4.69) is 10.4 Å². The van der Waals surface area contributed by atoms with Gasteiger partial charge in [0.25, 0.3) is 0 Å². The zero-order valence-corrected chi connectivity index (χ0v) is 9.58. The molecule has 0 saturated heterocycles. The summed E-state index contributed by atoms with van der Waals surface area (Å²) in [6.45, 7) is 7.20. The number of hydrogen-bond acceptors (Lipinski definition) is 4. The van der Waals surface area contributed by atoms with Crippen molar-refractivity contribution in [3.05, 3.63) is 29.1 Å². The first-order valence-corrected chi connectivity index (χ1v) is 5.16. The molecule has 0 aromatic carbocycles. The summed E-state index contributed by atoms with van der Waals surface area (Å²) in [6.07, 6.45) is 0. The van der Waals surface area contributed by atoms with Crippen molar-refractivity contribution in [1.82, 2.24) is 10.4 Å². The highest BCUT2D eigenvalue weighted by atomic mass is 16.5. The molecular formula is C11H19N3O. The molecule has 15 heavy (non-hydrogen) atoms. The third-order valence-electron chi connectivity index (χ3n) is 2.20. The summed E-state index contributed by atoms with van der Waals surface area (Å²) in [6, 6.07) is 4.08. The highest BCUT2D eigenvalue weighted by molar-refractivity contribution is 5.23. The van der Waals surface area contributed by atoms with Gasteiger partial charge in [-0.05, 0) is 38.5 Å². The minimum atomic E-state index is 0.0327. The van der Waals surface area contributed by atoms with E-state index in [1.54, 1.807) is 0 Å². The first-order chi connectivity index (χ1) is 7.17. The van der Waals surface area contributed by atoms with Crippen molar-refractivity contribution in [3.8, 4) is 0 Å². The van der Waals surface area contributed by atoms with Crippen molar-refractivity contribution < 1.29 is 4.74 Å². The third-order valence-corrected chi connectivity index (χ3v) is 2.20. The van der Waals surface area contributed by atoms with Crippen LogP contribution in [-0.2, 0) is 4.74 Å². The molecule has 0 aliphatic rings. The molecule has 0 aliphatic carbocycles. The predicted molar refractivity (Wildman–Crippen MR) is 60.3 cm³/mol. The Morgan fingerprint density at radius 1 is 1.40 bits per heavy atom. The van der Waals surface area contributed by atoms with Crippen molar-refractivity contribution >= 4 is 0 Å². The fourth-order valence-electron chi connectivity index (χ4n) is 1.54. The third kappa shape index (κ3) is 3.58. The number of hydrogen-bond donors (Lipinski definition) is 2. The molecule has 1 atom stereocenters. The van der Waals surface area contributed by atoms with E-state index >= 15 is 0 Å². The molecule has 4 nitrogen and oxygen atoms in total. The van der Waals surface area contributed by atoms with E-state index < -0.39 is 0 Å². The maximum atomic E-state index is 5.50. The fraction of sp³-hybridized carbons (Fsp3) is 0.545. The van der Waals surface area contributed by atoms with E-state index in [0.717, 1.165) is 17.0 Å². The van der Waals surface area contributed by atoms with Crippen LogP contribution in [0, 0.1) is 13.8 Å². The van der Waals surface area contributed by atoms with E-state index in [4.69, 9.17) is 10.6 Å². The van der Waals surface area contributed by atoms with Gasteiger partial charge < -0.3 is 4.74 Å². The van der Waals surface area contributed by atoms with Gasteiger partial charge in [0.05, 0.1) is 12.6 Å². The lowest BCUT2D eigenvalue weighted by Gasteiger charge is -2.16. The number of aromatic nitrogens is 1. The number of hydrazine groups is 1. The van der Waals surface area contributed by atoms with Crippen molar-refractivity contribution in [2.45, 2.75) is 26.8 Å². The van der Waals surface area contributed by atoms with E-state index in [-0.39, 0.29) is 6.04 Å². The van der Waals surface area contributed by atoms with Gasteiger partial charge in [-0.25, -0.2) is 0 Å². The summed E-state index contributed by atoms with van der Waals surface area (Å²) in [4.78, 5) is 4.32. The average Bonchev–Trinajstić information content (AvgIpc) is 2.17. The standard InChI is InChI=1S/C11H19N3O/c1-4-15-7-11(14-12)10-5-8(2)13-9(3)6-10/h5-6,11,14H,4,7,12H2,1-3H3. The number of aryl methyl sites for hydroxylation is 2. The number of nitrogens with zero attached hydrogens (tertiary/aromatic N) is 1. The molecule has 4 heteroatoms.